The quantitative estimate of drug-likeness (QED) is 0.684. The molecule has 0 aliphatic carbocycles. The second kappa shape index (κ2) is 7.11. The highest BCUT2D eigenvalue weighted by molar-refractivity contribution is 7.89. The summed E-state index contributed by atoms with van der Waals surface area (Å²) in [5.74, 6) is 0. The molecular weight excluding hydrogens is 358 g/mol. The number of thiophene rings is 1. The Bertz CT molecular complexity index is 941. The van der Waals surface area contributed by atoms with Gasteiger partial charge in [0.1, 0.15) is 5.69 Å². The second-order valence-corrected chi connectivity index (χ2v) is 9.19. The lowest BCUT2D eigenvalue weighted by molar-refractivity contribution is 0.438. The SMILES string of the molecule is Cc1cc(-c2cc(S(=O)(=O)N(C)CCCn3cccn3)c(C)s2)n[nH]1. The summed E-state index contributed by atoms with van der Waals surface area (Å²) in [6, 6.07) is 5.48. The van der Waals surface area contributed by atoms with E-state index >= 15 is 0 Å². The Hall–Kier alpha value is -1.97. The van der Waals surface area contributed by atoms with E-state index in [1.807, 2.05) is 32.2 Å². The third-order valence-corrected chi connectivity index (χ3v) is 7.12. The molecule has 0 saturated heterocycles. The number of nitrogens with one attached hydrogen (secondary N) is 1. The van der Waals surface area contributed by atoms with Crippen molar-refractivity contribution < 1.29 is 8.42 Å². The van der Waals surface area contributed by atoms with Crippen LogP contribution in [0.2, 0.25) is 0 Å². The van der Waals surface area contributed by atoms with Gasteiger partial charge in [0.05, 0.1) is 9.77 Å². The molecule has 0 amide bonds. The van der Waals surface area contributed by atoms with E-state index in [2.05, 4.69) is 15.3 Å². The van der Waals surface area contributed by atoms with E-state index < -0.39 is 10.0 Å². The van der Waals surface area contributed by atoms with Crippen molar-refractivity contribution in [1.29, 1.82) is 0 Å². The number of hydrogen-bond acceptors (Lipinski definition) is 5. The highest BCUT2D eigenvalue weighted by Gasteiger charge is 2.25. The number of aromatic nitrogens is 4. The Labute approximate surface area is 151 Å². The zero-order valence-corrected chi connectivity index (χ0v) is 16.1. The largest absolute Gasteiger partial charge is 0.282 e. The van der Waals surface area contributed by atoms with Crippen molar-refractivity contribution in [3.63, 3.8) is 0 Å². The van der Waals surface area contributed by atoms with Crippen LogP contribution in [-0.4, -0.2) is 46.3 Å². The molecule has 0 fully saturated rings. The normalized spacial score (nSPS) is 12.2. The molecule has 3 aromatic rings. The standard InChI is InChI=1S/C16H21N5O2S2/c1-12-10-14(19-18-12)15-11-16(13(2)24-15)25(22,23)20(3)7-5-9-21-8-4-6-17-21/h4,6,8,10-11H,5,7,9H2,1-3H3,(H,18,19). The molecule has 0 bridgehead atoms. The van der Waals surface area contributed by atoms with Crippen molar-refractivity contribution in [2.75, 3.05) is 13.6 Å². The zero-order chi connectivity index (χ0) is 18.0. The lowest BCUT2D eigenvalue weighted by Crippen LogP contribution is -2.28. The van der Waals surface area contributed by atoms with Gasteiger partial charge in [0.25, 0.3) is 0 Å². The molecule has 3 aromatic heterocycles. The van der Waals surface area contributed by atoms with E-state index in [0.29, 0.717) is 24.4 Å². The summed E-state index contributed by atoms with van der Waals surface area (Å²) in [6.45, 7) is 4.88. The van der Waals surface area contributed by atoms with Gasteiger partial charge in [0, 0.05) is 43.1 Å². The third kappa shape index (κ3) is 3.83. The number of sulfonamides is 1. The lowest BCUT2D eigenvalue weighted by atomic mass is 10.3. The van der Waals surface area contributed by atoms with Crippen LogP contribution in [0, 0.1) is 13.8 Å². The average Bonchev–Trinajstić information content (AvgIpc) is 3.28. The van der Waals surface area contributed by atoms with Crippen LogP contribution in [0.25, 0.3) is 10.6 Å². The van der Waals surface area contributed by atoms with E-state index in [9.17, 15) is 8.42 Å². The van der Waals surface area contributed by atoms with Crippen LogP contribution < -0.4 is 0 Å². The molecule has 134 valence electrons. The minimum atomic E-state index is -3.51. The van der Waals surface area contributed by atoms with Crippen LogP contribution in [0.15, 0.2) is 35.5 Å². The van der Waals surface area contributed by atoms with Crippen molar-refractivity contribution in [3.8, 4) is 10.6 Å². The molecule has 0 unspecified atom stereocenters. The van der Waals surface area contributed by atoms with Crippen LogP contribution >= 0.6 is 11.3 Å². The van der Waals surface area contributed by atoms with E-state index in [-0.39, 0.29) is 0 Å². The first kappa shape index (κ1) is 17.8. The maximum atomic E-state index is 12.9. The highest BCUT2D eigenvalue weighted by atomic mass is 32.2. The summed E-state index contributed by atoms with van der Waals surface area (Å²) in [7, 11) is -1.90. The van der Waals surface area contributed by atoms with Crippen molar-refractivity contribution >= 4 is 21.4 Å². The Morgan fingerprint density at radius 1 is 1.32 bits per heavy atom. The summed E-state index contributed by atoms with van der Waals surface area (Å²) in [6.07, 6.45) is 4.29. The van der Waals surface area contributed by atoms with Crippen molar-refractivity contribution in [1.82, 2.24) is 24.3 Å². The summed E-state index contributed by atoms with van der Waals surface area (Å²) in [5.41, 5.74) is 1.72. The minimum Gasteiger partial charge on any atom is -0.282 e. The Balaban J connectivity index is 1.73. The fraction of sp³-hybridized carbons (Fsp3) is 0.375. The minimum absolute atomic E-state index is 0.356. The number of rotatable bonds is 7. The first-order chi connectivity index (χ1) is 11.9. The molecule has 7 nitrogen and oxygen atoms in total. The van der Waals surface area contributed by atoms with Crippen LogP contribution in [0.5, 0.6) is 0 Å². The molecule has 0 aromatic carbocycles. The fourth-order valence-corrected chi connectivity index (χ4v) is 5.29. The van der Waals surface area contributed by atoms with Crippen LogP contribution in [0.1, 0.15) is 17.0 Å². The van der Waals surface area contributed by atoms with E-state index in [4.69, 9.17) is 0 Å². The molecule has 25 heavy (non-hydrogen) atoms. The number of aromatic amines is 1. The maximum Gasteiger partial charge on any atom is 0.243 e. The molecule has 0 radical (unpaired) electrons. The van der Waals surface area contributed by atoms with Gasteiger partial charge in [-0.1, -0.05) is 0 Å². The van der Waals surface area contributed by atoms with Gasteiger partial charge in [0.15, 0.2) is 0 Å². The van der Waals surface area contributed by atoms with Gasteiger partial charge in [-0.3, -0.25) is 9.78 Å². The lowest BCUT2D eigenvalue weighted by Gasteiger charge is -2.16. The van der Waals surface area contributed by atoms with Gasteiger partial charge >= 0.3 is 0 Å². The van der Waals surface area contributed by atoms with Crippen molar-refractivity contribution in [2.24, 2.45) is 0 Å². The summed E-state index contributed by atoms with van der Waals surface area (Å²) < 4.78 is 29.0. The number of H-pyrrole nitrogens is 1. The first-order valence-electron chi connectivity index (χ1n) is 7.94. The fourth-order valence-electron chi connectivity index (χ4n) is 2.57. The van der Waals surface area contributed by atoms with Crippen molar-refractivity contribution in [2.45, 2.75) is 31.7 Å². The smallest absolute Gasteiger partial charge is 0.243 e. The van der Waals surface area contributed by atoms with Gasteiger partial charge in [-0.05, 0) is 38.5 Å². The molecule has 0 spiro atoms. The molecule has 3 rings (SSSR count). The first-order valence-corrected chi connectivity index (χ1v) is 10.2. The van der Waals surface area contributed by atoms with Gasteiger partial charge in [-0.25, -0.2) is 12.7 Å². The molecule has 9 heteroatoms. The van der Waals surface area contributed by atoms with Gasteiger partial charge in [0.2, 0.25) is 10.0 Å². The molecule has 3 heterocycles. The van der Waals surface area contributed by atoms with Crippen LogP contribution in [-0.2, 0) is 16.6 Å². The topological polar surface area (TPSA) is 83.9 Å². The summed E-state index contributed by atoms with van der Waals surface area (Å²) in [4.78, 5) is 1.98. The van der Waals surface area contributed by atoms with E-state index in [1.54, 1.807) is 24.0 Å². The van der Waals surface area contributed by atoms with Gasteiger partial charge < -0.3 is 0 Å². The Kier molecular flexibility index (Phi) is 5.07. The second-order valence-electron chi connectivity index (χ2n) is 5.92. The van der Waals surface area contributed by atoms with E-state index in [1.165, 1.54) is 15.6 Å². The zero-order valence-electron chi connectivity index (χ0n) is 14.4. The number of hydrogen-bond donors (Lipinski definition) is 1. The van der Waals surface area contributed by atoms with Crippen molar-refractivity contribution in [3.05, 3.63) is 41.2 Å². The molecule has 0 aliphatic heterocycles. The predicted molar refractivity (Wildman–Crippen MR) is 98.0 cm³/mol. The molecule has 0 aliphatic rings. The summed E-state index contributed by atoms with van der Waals surface area (Å²) in [5, 5.41) is 11.2. The number of nitrogens with zero attached hydrogens (tertiary/aromatic N) is 4. The molecule has 0 atom stereocenters. The molecule has 0 saturated carbocycles. The molecule has 1 N–H and O–H groups in total. The van der Waals surface area contributed by atoms with Gasteiger partial charge in [-0.2, -0.15) is 10.2 Å². The van der Waals surface area contributed by atoms with Crippen LogP contribution in [0.4, 0.5) is 0 Å². The average molecular weight is 380 g/mol. The third-order valence-electron chi connectivity index (χ3n) is 3.94. The van der Waals surface area contributed by atoms with Gasteiger partial charge in [-0.15, -0.1) is 11.3 Å². The Morgan fingerprint density at radius 2 is 2.12 bits per heavy atom. The molecular formula is C16H21N5O2S2. The monoisotopic (exact) mass is 379 g/mol. The maximum absolute atomic E-state index is 12.9. The number of aryl methyl sites for hydroxylation is 3. The van der Waals surface area contributed by atoms with Crippen LogP contribution in [0.3, 0.4) is 0 Å². The summed E-state index contributed by atoms with van der Waals surface area (Å²) >= 11 is 1.44. The Morgan fingerprint density at radius 3 is 2.76 bits per heavy atom. The highest BCUT2D eigenvalue weighted by Crippen LogP contribution is 2.34. The predicted octanol–water partition coefficient (Wildman–Crippen LogP) is 2.66. The van der Waals surface area contributed by atoms with E-state index in [0.717, 1.165) is 21.1 Å².